The van der Waals surface area contributed by atoms with Crippen molar-refractivity contribution in [1.82, 2.24) is 10.2 Å². The zero-order valence-electron chi connectivity index (χ0n) is 24.8. The summed E-state index contributed by atoms with van der Waals surface area (Å²) in [7, 11) is -4.31. The molecule has 4 rings (SSSR count). The number of nitrogens with zero attached hydrogens (tertiary/aromatic N) is 2. The predicted octanol–water partition coefficient (Wildman–Crippen LogP) is 6.23. The first-order chi connectivity index (χ1) is 20.8. The second-order valence-corrected chi connectivity index (χ2v) is 13.6. The molecule has 7 nitrogen and oxygen atoms in total. The number of sulfonamides is 1. The normalized spacial score (nSPS) is 12.3. The number of amides is 2. The van der Waals surface area contributed by atoms with Gasteiger partial charge in [0.05, 0.1) is 15.6 Å². The molecule has 0 fully saturated rings. The van der Waals surface area contributed by atoms with Crippen LogP contribution in [-0.2, 0) is 32.6 Å². The highest BCUT2D eigenvalue weighted by molar-refractivity contribution is 7.92. The van der Waals surface area contributed by atoms with Gasteiger partial charge in [0.15, 0.2) is 0 Å². The summed E-state index contributed by atoms with van der Waals surface area (Å²) in [5, 5.41) is 2.70. The Balaban J connectivity index is 1.81. The summed E-state index contributed by atoms with van der Waals surface area (Å²) >= 11 is 6.06. The van der Waals surface area contributed by atoms with Gasteiger partial charge in [-0.1, -0.05) is 90.5 Å². The molecule has 2 amide bonds. The van der Waals surface area contributed by atoms with Gasteiger partial charge >= 0.3 is 0 Å². The van der Waals surface area contributed by atoms with E-state index in [-0.39, 0.29) is 34.5 Å². The molecule has 0 radical (unpaired) electrons. The van der Waals surface area contributed by atoms with Gasteiger partial charge in [-0.3, -0.25) is 13.9 Å². The second-order valence-electron chi connectivity index (χ2n) is 11.4. The van der Waals surface area contributed by atoms with Crippen LogP contribution in [0.3, 0.4) is 0 Å². The van der Waals surface area contributed by atoms with Crippen molar-refractivity contribution in [1.29, 1.82) is 0 Å². The van der Waals surface area contributed by atoms with E-state index in [2.05, 4.69) is 5.32 Å². The molecular weight excluding hydrogens is 601 g/mol. The number of halogens is 2. The molecule has 0 saturated heterocycles. The fourth-order valence-corrected chi connectivity index (χ4v) is 6.28. The lowest BCUT2D eigenvalue weighted by Gasteiger charge is -2.35. The van der Waals surface area contributed by atoms with Crippen LogP contribution in [0.4, 0.5) is 10.1 Å². The molecule has 0 aliphatic heterocycles. The molecule has 44 heavy (non-hydrogen) atoms. The Bertz CT molecular complexity index is 1680. The van der Waals surface area contributed by atoms with E-state index in [0.717, 1.165) is 21.5 Å². The molecule has 1 atom stereocenters. The minimum absolute atomic E-state index is 0.00650. The quantitative estimate of drug-likeness (QED) is 0.212. The van der Waals surface area contributed by atoms with Gasteiger partial charge in [-0.25, -0.2) is 12.8 Å². The van der Waals surface area contributed by atoms with Crippen molar-refractivity contribution in [3.63, 3.8) is 0 Å². The van der Waals surface area contributed by atoms with E-state index in [0.29, 0.717) is 0 Å². The van der Waals surface area contributed by atoms with Crippen LogP contribution in [0.1, 0.15) is 31.9 Å². The van der Waals surface area contributed by atoms with E-state index in [1.165, 1.54) is 29.2 Å². The van der Waals surface area contributed by atoms with Crippen molar-refractivity contribution in [3.8, 4) is 0 Å². The van der Waals surface area contributed by atoms with Crippen molar-refractivity contribution in [3.05, 3.63) is 131 Å². The Hall–Kier alpha value is -4.21. The van der Waals surface area contributed by atoms with Crippen LogP contribution in [0.15, 0.2) is 114 Å². The summed E-state index contributed by atoms with van der Waals surface area (Å²) in [4.78, 5) is 29.6. The van der Waals surface area contributed by atoms with Crippen LogP contribution < -0.4 is 9.62 Å². The second kappa shape index (κ2) is 14.1. The molecule has 0 spiro atoms. The number of carbonyl (C=O) groups excluding carboxylic acids is 2. The molecule has 4 aromatic carbocycles. The summed E-state index contributed by atoms with van der Waals surface area (Å²) in [6.07, 6.45) is 0.190. The highest BCUT2D eigenvalue weighted by Crippen LogP contribution is 2.28. The van der Waals surface area contributed by atoms with Crippen LogP contribution in [0, 0.1) is 5.82 Å². The largest absolute Gasteiger partial charge is 0.350 e. The van der Waals surface area contributed by atoms with Crippen molar-refractivity contribution in [2.75, 3.05) is 10.8 Å². The van der Waals surface area contributed by atoms with Crippen molar-refractivity contribution < 1.29 is 22.4 Å². The average molecular weight is 636 g/mol. The Labute approximate surface area is 263 Å². The summed E-state index contributed by atoms with van der Waals surface area (Å²) in [6, 6.07) is 28.6. The van der Waals surface area contributed by atoms with Gasteiger partial charge in [-0.15, -0.1) is 0 Å². The van der Waals surface area contributed by atoms with Gasteiger partial charge in [-0.05, 0) is 62.2 Å². The lowest BCUT2D eigenvalue weighted by Crippen LogP contribution is -2.56. The molecule has 1 N–H and O–H groups in total. The fourth-order valence-electron chi connectivity index (χ4n) is 4.68. The number of hydrogen-bond acceptors (Lipinski definition) is 4. The Morgan fingerprint density at radius 2 is 1.39 bits per heavy atom. The van der Waals surface area contributed by atoms with Gasteiger partial charge in [0.2, 0.25) is 11.8 Å². The monoisotopic (exact) mass is 635 g/mol. The van der Waals surface area contributed by atoms with E-state index in [9.17, 15) is 22.4 Å². The Morgan fingerprint density at radius 1 is 0.841 bits per heavy atom. The molecule has 4 aromatic rings. The SMILES string of the molecule is CC(C)(C)NC(=O)[C@@H](Cc1ccccc1)N(Cc1ccccc1)C(=O)CN(c1ccc(F)c(Cl)c1)S(=O)(=O)c1ccccc1. The Morgan fingerprint density at radius 3 is 1.93 bits per heavy atom. The average Bonchev–Trinajstić information content (AvgIpc) is 2.99. The van der Waals surface area contributed by atoms with Gasteiger partial charge in [0, 0.05) is 18.5 Å². The van der Waals surface area contributed by atoms with E-state index in [4.69, 9.17) is 11.6 Å². The standard InChI is InChI=1S/C34H35ClFN3O4S/c1-34(2,3)37-33(41)31(21-25-13-7-4-8-14-25)38(23-26-15-9-5-10-16-26)32(40)24-39(27-19-20-30(36)29(35)22-27)44(42,43)28-17-11-6-12-18-28/h4-20,22,31H,21,23-24H2,1-3H3,(H,37,41)/t31-/m1/s1. The number of carbonyl (C=O) groups is 2. The third-order valence-corrected chi connectivity index (χ3v) is 8.84. The van der Waals surface area contributed by atoms with Gasteiger partial charge in [0.1, 0.15) is 18.4 Å². The molecular formula is C34H35ClFN3O4S. The summed E-state index contributed by atoms with van der Waals surface area (Å²) in [6.45, 7) is 4.92. The molecule has 0 aliphatic rings. The highest BCUT2D eigenvalue weighted by Gasteiger charge is 2.35. The number of benzene rings is 4. The highest BCUT2D eigenvalue weighted by atomic mass is 35.5. The lowest BCUT2D eigenvalue weighted by molar-refractivity contribution is -0.140. The number of hydrogen-bond donors (Lipinski definition) is 1. The van der Waals surface area contributed by atoms with E-state index >= 15 is 0 Å². The van der Waals surface area contributed by atoms with Crippen molar-refractivity contribution in [2.24, 2.45) is 0 Å². The molecule has 0 unspecified atom stereocenters. The summed E-state index contributed by atoms with van der Waals surface area (Å²) in [5.74, 6) is -1.74. The maximum atomic E-state index is 14.4. The number of rotatable bonds is 11. The minimum Gasteiger partial charge on any atom is -0.350 e. The molecule has 230 valence electrons. The summed E-state index contributed by atoms with van der Waals surface area (Å²) < 4.78 is 43.0. The van der Waals surface area contributed by atoms with Crippen LogP contribution in [0.2, 0.25) is 5.02 Å². The summed E-state index contributed by atoms with van der Waals surface area (Å²) in [5.41, 5.74) is 0.990. The van der Waals surface area contributed by atoms with E-state index in [1.54, 1.807) is 18.2 Å². The van der Waals surface area contributed by atoms with Gasteiger partial charge in [0.25, 0.3) is 10.0 Å². The zero-order chi connectivity index (χ0) is 31.9. The van der Waals surface area contributed by atoms with Crippen LogP contribution in [-0.4, -0.2) is 43.3 Å². The van der Waals surface area contributed by atoms with E-state index < -0.39 is 39.9 Å². The van der Waals surface area contributed by atoms with Crippen LogP contribution in [0.25, 0.3) is 0 Å². The first-order valence-corrected chi connectivity index (χ1v) is 15.9. The molecule has 0 bridgehead atoms. The molecule has 0 saturated carbocycles. The number of anilines is 1. The molecule has 0 aromatic heterocycles. The lowest BCUT2D eigenvalue weighted by atomic mass is 10.0. The number of nitrogens with one attached hydrogen (secondary N) is 1. The third-order valence-electron chi connectivity index (χ3n) is 6.77. The van der Waals surface area contributed by atoms with Crippen molar-refractivity contribution >= 4 is 39.1 Å². The maximum Gasteiger partial charge on any atom is 0.264 e. The maximum absolute atomic E-state index is 14.4. The topological polar surface area (TPSA) is 86.8 Å². The first kappa shape index (κ1) is 32.7. The fraction of sp³-hybridized carbons (Fsp3) is 0.235. The molecule has 10 heteroatoms. The third kappa shape index (κ3) is 8.45. The van der Waals surface area contributed by atoms with Gasteiger partial charge < -0.3 is 10.2 Å². The smallest absolute Gasteiger partial charge is 0.264 e. The zero-order valence-corrected chi connectivity index (χ0v) is 26.4. The van der Waals surface area contributed by atoms with Crippen LogP contribution >= 0.6 is 11.6 Å². The van der Waals surface area contributed by atoms with E-state index in [1.807, 2.05) is 81.4 Å². The Kier molecular flexibility index (Phi) is 10.4. The molecule has 0 aliphatic carbocycles. The van der Waals surface area contributed by atoms with Crippen LogP contribution in [0.5, 0.6) is 0 Å². The van der Waals surface area contributed by atoms with Crippen molar-refractivity contribution in [2.45, 2.75) is 50.2 Å². The first-order valence-electron chi connectivity index (χ1n) is 14.1. The molecule has 0 heterocycles. The predicted molar refractivity (Wildman–Crippen MR) is 171 cm³/mol. The van der Waals surface area contributed by atoms with Gasteiger partial charge in [-0.2, -0.15) is 0 Å². The minimum atomic E-state index is -4.31.